The van der Waals surface area contributed by atoms with Crippen LogP contribution in [-0.2, 0) is 9.53 Å². The second-order valence-corrected chi connectivity index (χ2v) is 3.92. The fourth-order valence-electron chi connectivity index (χ4n) is 1.23. The summed E-state index contributed by atoms with van der Waals surface area (Å²) in [6, 6.07) is 0.227. The van der Waals surface area contributed by atoms with Crippen molar-refractivity contribution in [2.24, 2.45) is 5.92 Å². The van der Waals surface area contributed by atoms with Gasteiger partial charge in [-0.1, -0.05) is 13.8 Å². The van der Waals surface area contributed by atoms with Gasteiger partial charge in [-0.05, 0) is 26.2 Å². The molecule has 3 heteroatoms. The highest BCUT2D eigenvalue weighted by atomic mass is 16.5. The van der Waals surface area contributed by atoms with E-state index in [4.69, 9.17) is 4.74 Å². The molecule has 0 aromatic carbocycles. The number of hydrogen-bond donors (Lipinski definition) is 1. The van der Waals surface area contributed by atoms with Crippen LogP contribution >= 0.6 is 0 Å². The van der Waals surface area contributed by atoms with Crippen LogP contribution in [0, 0.1) is 5.92 Å². The van der Waals surface area contributed by atoms with Gasteiger partial charge in [0.1, 0.15) is 6.10 Å². The van der Waals surface area contributed by atoms with Gasteiger partial charge in [-0.2, -0.15) is 0 Å². The highest BCUT2D eigenvalue weighted by molar-refractivity contribution is 5.80. The zero-order chi connectivity index (χ0) is 10.4. The van der Waals surface area contributed by atoms with Crippen LogP contribution in [0.3, 0.4) is 0 Å². The number of amides is 1. The molecule has 0 fully saturated rings. The fourth-order valence-corrected chi connectivity index (χ4v) is 1.23. The van der Waals surface area contributed by atoms with Crippen molar-refractivity contribution in [3.63, 3.8) is 0 Å². The van der Waals surface area contributed by atoms with E-state index in [0.29, 0.717) is 5.92 Å². The topological polar surface area (TPSA) is 38.3 Å². The summed E-state index contributed by atoms with van der Waals surface area (Å²) >= 11 is 0. The number of carbonyl (C=O) groups excluding carboxylic acids is 1. The van der Waals surface area contributed by atoms with E-state index in [9.17, 15) is 4.79 Å². The lowest BCUT2D eigenvalue weighted by Gasteiger charge is -2.18. The maximum atomic E-state index is 11.3. The first-order valence-corrected chi connectivity index (χ1v) is 4.80. The summed E-state index contributed by atoms with van der Waals surface area (Å²) in [5.41, 5.74) is 0. The molecule has 1 amide bonds. The third-order valence-corrected chi connectivity index (χ3v) is 1.94. The van der Waals surface area contributed by atoms with Crippen molar-refractivity contribution in [3.05, 3.63) is 0 Å². The molecule has 78 valence electrons. The Morgan fingerprint density at radius 3 is 2.23 bits per heavy atom. The molecule has 1 N–H and O–H groups in total. The molecule has 0 bridgehead atoms. The molecule has 2 atom stereocenters. The van der Waals surface area contributed by atoms with Crippen LogP contribution in [0.4, 0.5) is 0 Å². The maximum absolute atomic E-state index is 11.3. The van der Waals surface area contributed by atoms with Crippen molar-refractivity contribution in [3.8, 4) is 0 Å². The van der Waals surface area contributed by atoms with Gasteiger partial charge < -0.3 is 10.1 Å². The number of ether oxygens (including phenoxy) is 1. The summed E-state index contributed by atoms with van der Waals surface area (Å²) in [5.74, 6) is 0.573. The quantitative estimate of drug-likeness (QED) is 0.709. The van der Waals surface area contributed by atoms with Crippen molar-refractivity contribution in [1.29, 1.82) is 0 Å². The molecule has 0 aliphatic carbocycles. The Balaban J connectivity index is 3.77. The summed E-state index contributed by atoms with van der Waals surface area (Å²) in [7, 11) is 1.54. The van der Waals surface area contributed by atoms with Gasteiger partial charge in [-0.15, -0.1) is 0 Å². The van der Waals surface area contributed by atoms with Crippen molar-refractivity contribution in [2.75, 3.05) is 7.11 Å². The first-order valence-electron chi connectivity index (χ1n) is 4.80. The largest absolute Gasteiger partial charge is 0.372 e. The van der Waals surface area contributed by atoms with E-state index in [-0.39, 0.29) is 18.1 Å². The van der Waals surface area contributed by atoms with E-state index < -0.39 is 0 Å². The van der Waals surface area contributed by atoms with Crippen LogP contribution in [0.1, 0.15) is 34.1 Å². The van der Waals surface area contributed by atoms with Gasteiger partial charge in [-0.3, -0.25) is 4.79 Å². The molecule has 0 spiro atoms. The number of hydrogen-bond acceptors (Lipinski definition) is 2. The van der Waals surface area contributed by atoms with Crippen LogP contribution in [0.25, 0.3) is 0 Å². The molecule has 0 aliphatic heterocycles. The molecule has 0 aromatic rings. The van der Waals surface area contributed by atoms with Gasteiger partial charge in [0.2, 0.25) is 5.91 Å². The van der Waals surface area contributed by atoms with Gasteiger partial charge in [0.25, 0.3) is 0 Å². The smallest absolute Gasteiger partial charge is 0.249 e. The Kier molecular flexibility index (Phi) is 5.71. The molecule has 13 heavy (non-hydrogen) atoms. The van der Waals surface area contributed by atoms with Gasteiger partial charge in [-0.25, -0.2) is 0 Å². The summed E-state index contributed by atoms with van der Waals surface area (Å²) in [6.07, 6.45) is 0.650. The van der Waals surface area contributed by atoms with Crippen LogP contribution in [0.2, 0.25) is 0 Å². The number of rotatable bonds is 5. The molecule has 0 saturated heterocycles. The summed E-state index contributed by atoms with van der Waals surface area (Å²) in [5, 5.41) is 2.90. The SMILES string of the molecule is COC(C)C(=O)NC(C)CC(C)C. The van der Waals surface area contributed by atoms with E-state index >= 15 is 0 Å². The standard InChI is InChI=1S/C10H21NO2/c1-7(2)6-8(3)11-10(12)9(4)13-5/h7-9H,6H2,1-5H3,(H,11,12). The molecule has 0 rings (SSSR count). The number of methoxy groups -OCH3 is 1. The highest BCUT2D eigenvalue weighted by Crippen LogP contribution is 2.04. The maximum Gasteiger partial charge on any atom is 0.249 e. The lowest BCUT2D eigenvalue weighted by Crippen LogP contribution is -2.40. The third kappa shape index (κ3) is 5.64. The fraction of sp³-hybridized carbons (Fsp3) is 0.900. The summed E-state index contributed by atoms with van der Waals surface area (Å²) in [6.45, 7) is 8.04. The number of carbonyl (C=O) groups is 1. The lowest BCUT2D eigenvalue weighted by atomic mass is 10.1. The molecule has 0 heterocycles. The molecule has 0 aromatic heterocycles. The first-order chi connectivity index (χ1) is 5.97. The average molecular weight is 187 g/mol. The van der Waals surface area contributed by atoms with E-state index in [1.165, 1.54) is 7.11 Å². The zero-order valence-corrected chi connectivity index (χ0v) is 9.26. The molecular formula is C10H21NO2. The van der Waals surface area contributed by atoms with E-state index in [0.717, 1.165) is 6.42 Å². The summed E-state index contributed by atoms with van der Waals surface area (Å²) in [4.78, 5) is 11.3. The lowest BCUT2D eigenvalue weighted by molar-refractivity contribution is -0.130. The molecule has 3 nitrogen and oxygen atoms in total. The minimum Gasteiger partial charge on any atom is -0.372 e. The normalized spacial score (nSPS) is 15.5. The Bertz CT molecular complexity index is 157. The molecule has 0 saturated carbocycles. The Labute approximate surface area is 80.8 Å². The second-order valence-electron chi connectivity index (χ2n) is 3.92. The van der Waals surface area contributed by atoms with Crippen molar-refractivity contribution in [2.45, 2.75) is 46.3 Å². The molecule has 0 radical (unpaired) electrons. The van der Waals surface area contributed by atoms with Crippen molar-refractivity contribution < 1.29 is 9.53 Å². The van der Waals surface area contributed by atoms with Gasteiger partial charge in [0.15, 0.2) is 0 Å². The van der Waals surface area contributed by atoms with Crippen LogP contribution in [-0.4, -0.2) is 25.2 Å². The highest BCUT2D eigenvalue weighted by Gasteiger charge is 2.14. The summed E-state index contributed by atoms with van der Waals surface area (Å²) < 4.78 is 4.91. The Hall–Kier alpha value is -0.570. The number of nitrogens with one attached hydrogen (secondary N) is 1. The first kappa shape index (κ1) is 12.4. The van der Waals surface area contributed by atoms with E-state index in [2.05, 4.69) is 19.2 Å². The Morgan fingerprint density at radius 1 is 1.31 bits per heavy atom. The predicted octanol–water partition coefficient (Wildman–Crippen LogP) is 1.57. The second kappa shape index (κ2) is 5.97. The van der Waals surface area contributed by atoms with Gasteiger partial charge in [0.05, 0.1) is 0 Å². The Morgan fingerprint density at radius 2 is 1.85 bits per heavy atom. The monoisotopic (exact) mass is 187 g/mol. The van der Waals surface area contributed by atoms with Crippen LogP contribution in [0.5, 0.6) is 0 Å². The molecule has 2 unspecified atom stereocenters. The van der Waals surface area contributed by atoms with Crippen molar-refractivity contribution >= 4 is 5.91 Å². The minimum absolute atomic E-state index is 0.0318. The van der Waals surface area contributed by atoms with Gasteiger partial charge in [0, 0.05) is 13.2 Å². The molecule has 0 aliphatic rings. The van der Waals surface area contributed by atoms with Gasteiger partial charge >= 0.3 is 0 Å². The van der Waals surface area contributed by atoms with E-state index in [1.807, 2.05) is 6.92 Å². The average Bonchev–Trinajstić information content (AvgIpc) is 2.01. The van der Waals surface area contributed by atoms with Crippen LogP contribution < -0.4 is 5.32 Å². The van der Waals surface area contributed by atoms with Crippen LogP contribution in [0.15, 0.2) is 0 Å². The minimum atomic E-state index is -0.352. The predicted molar refractivity (Wildman–Crippen MR) is 53.5 cm³/mol. The molecular weight excluding hydrogens is 166 g/mol. The zero-order valence-electron chi connectivity index (χ0n) is 9.26. The van der Waals surface area contributed by atoms with Crippen molar-refractivity contribution in [1.82, 2.24) is 5.32 Å². The van der Waals surface area contributed by atoms with E-state index in [1.54, 1.807) is 6.92 Å². The third-order valence-electron chi connectivity index (χ3n) is 1.94.